The second-order valence-electron chi connectivity index (χ2n) is 7.44. The fraction of sp³-hybridized carbons (Fsp3) is 0.250. The van der Waals surface area contributed by atoms with Gasteiger partial charge in [-0.25, -0.2) is 14.6 Å². The molecule has 4 aromatic rings. The first-order valence-electron chi connectivity index (χ1n) is 9.71. The van der Waals surface area contributed by atoms with Crippen molar-refractivity contribution in [1.29, 1.82) is 0 Å². The zero-order valence-electron chi connectivity index (χ0n) is 17.4. The Morgan fingerprint density at radius 1 is 1.12 bits per heavy atom. The maximum Gasteiger partial charge on any atom is 0.436 e. The van der Waals surface area contributed by atoms with Gasteiger partial charge in [-0.05, 0) is 19.9 Å². The first-order valence-corrected chi connectivity index (χ1v) is 9.71. The second-order valence-corrected chi connectivity index (χ2v) is 7.44. The monoisotopic (exact) mass is 458 g/mol. The third kappa shape index (κ3) is 4.56. The molecule has 170 valence electrons. The van der Waals surface area contributed by atoms with Crippen molar-refractivity contribution in [1.82, 2.24) is 34.5 Å². The lowest BCUT2D eigenvalue weighted by molar-refractivity contribution is -0.141. The van der Waals surface area contributed by atoms with Gasteiger partial charge in [-0.1, -0.05) is 5.21 Å². The molecule has 4 heterocycles. The summed E-state index contributed by atoms with van der Waals surface area (Å²) in [5.41, 5.74) is 0.207. The SMILES string of the molecule is CC(C)n1cc(C(=O)c2cncc(NC(=O)Cn3cc(C(F)(F)F)nn3)c2)c2cncnc21. The van der Waals surface area contributed by atoms with Crippen LogP contribution in [0.4, 0.5) is 18.9 Å². The van der Waals surface area contributed by atoms with Crippen molar-refractivity contribution < 1.29 is 22.8 Å². The van der Waals surface area contributed by atoms with Gasteiger partial charge in [0.25, 0.3) is 0 Å². The number of nitrogens with zero attached hydrogens (tertiary/aromatic N) is 7. The highest BCUT2D eigenvalue weighted by molar-refractivity contribution is 6.16. The number of pyridine rings is 1. The fourth-order valence-corrected chi connectivity index (χ4v) is 3.20. The van der Waals surface area contributed by atoms with Crippen LogP contribution in [0.5, 0.6) is 0 Å². The summed E-state index contributed by atoms with van der Waals surface area (Å²) in [5, 5.41) is 9.37. The standard InChI is InChI=1S/C20H17F3N8O2/c1-11(2)31-7-15(14-6-25-10-26-19(14)31)18(33)12-3-13(5-24-4-12)27-17(32)9-30-8-16(28-29-30)20(21,22)23/h3-8,10-11H,9H2,1-2H3,(H,27,32). The molecular weight excluding hydrogens is 441 g/mol. The summed E-state index contributed by atoms with van der Waals surface area (Å²) in [6.45, 7) is 3.42. The highest BCUT2D eigenvalue weighted by Crippen LogP contribution is 2.27. The van der Waals surface area contributed by atoms with Crippen LogP contribution in [-0.4, -0.2) is 46.2 Å². The molecule has 33 heavy (non-hydrogen) atoms. The molecule has 0 atom stereocenters. The van der Waals surface area contributed by atoms with Crippen molar-refractivity contribution in [3.8, 4) is 0 Å². The Morgan fingerprint density at radius 3 is 2.61 bits per heavy atom. The predicted octanol–water partition coefficient (Wildman–Crippen LogP) is 2.89. The zero-order chi connectivity index (χ0) is 23.8. The molecule has 0 aliphatic heterocycles. The highest BCUT2D eigenvalue weighted by atomic mass is 19.4. The number of anilines is 1. The average Bonchev–Trinajstić information content (AvgIpc) is 3.38. The highest BCUT2D eigenvalue weighted by Gasteiger charge is 2.34. The molecule has 13 heteroatoms. The van der Waals surface area contributed by atoms with Crippen LogP contribution in [0.15, 0.2) is 43.4 Å². The Balaban J connectivity index is 1.54. The van der Waals surface area contributed by atoms with Gasteiger partial charge in [-0.2, -0.15) is 13.2 Å². The lowest BCUT2D eigenvalue weighted by Crippen LogP contribution is -2.19. The fourth-order valence-electron chi connectivity index (χ4n) is 3.20. The summed E-state index contributed by atoms with van der Waals surface area (Å²) >= 11 is 0. The minimum atomic E-state index is -4.66. The van der Waals surface area contributed by atoms with Crippen LogP contribution in [0.3, 0.4) is 0 Å². The molecule has 0 unspecified atom stereocenters. The van der Waals surface area contributed by atoms with E-state index in [0.29, 0.717) is 22.8 Å². The number of aromatic nitrogens is 7. The number of ketones is 1. The molecule has 10 nitrogen and oxygen atoms in total. The van der Waals surface area contributed by atoms with Crippen molar-refractivity contribution in [3.05, 3.63) is 60.2 Å². The van der Waals surface area contributed by atoms with Crippen LogP contribution in [0.1, 0.15) is 41.5 Å². The van der Waals surface area contributed by atoms with E-state index in [4.69, 9.17) is 0 Å². The molecule has 4 aromatic heterocycles. The predicted molar refractivity (Wildman–Crippen MR) is 109 cm³/mol. The van der Waals surface area contributed by atoms with Crippen molar-refractivity contribution in [2.24, 2.45) is 0 Å². The summed E-state index contributed by atoms with van der Waals surface area (Å²) in [4.78, 5) is 37.7. The summed E-state index contributed by atoms with van der Waals surface area (Å²) in [5.74, 6) is -1.01. The van der Waals surface area contributed by atoms with Crippen molar-refractivity contribution in [2.75, 3.05) is 5.32 Å². The number of nitrogens with one attached hydrogen (secondary N) is 1. The number of carbonyl (C=O) groups excluding carboxylic acids is 2. The van der Waals surface area contributed by atoms with Gasteiger partial charge in [0.15, 0.2) is 11.5 Å². The Kier molecular flexibility index (Phi) is 5.62. The van der Waals surface area contributed by atoms with Gasteiger partial charge >= 0.3 is 6.18 Å². The average molecular weight is 458 g/mol. The summed E-state index contributed by atoms with van der Waals surface area (Å²) < 4.78 is 40.5. The Hall–Kier alpha value is -4.16. The molecule has 1 amide bonds. The van der Waals surface area contributed by atoms with E-state index in [2.05, 4.69) is 30.6 Å². The molecule has 0 saturated carbocycles. The Bertz CT molecular complexity index is 1340. The van der Waals surface area contributed by atoms with Crippen LogP contribution in [0, 0.1) is 0 Å². The number of rotatable bonds is 6. The van der Waals surface area contributed by atoms with Crippen LogP contribution in [-0.2, 0) is 17.5 Å². The van der Waals surface area contributed by atoms with Crippen molar-refractivity contribution in [2.45, 2.75) is 32.6 Å². The number of alkyl halides is 3. The summed E-state index contributed by atoms with van der Waals surface area (Å²) in [7, 11) is 0. The van der Waals surface area contributed by atoms with Gasteiger partial charge in [0.1, 0.15) is 18.5 Å². The summed E-state index contributed by atoms with van der Waals surface area (Å²) in [6, 6.07) is 1.49. The molecule has 0 aromatic carbocycles. The van der Waals surface area contributed by atoms with Crippen molar-refractivity contribution >= 4 is 28.4 Å². The van der Waals surface area contributed by atoms with E-state index in [1.807, 2.05) is 18.4 Å². The molecule has 0 radical (unpaired) electrons. The normalized spacial score (nSPS) is 11.8. The maximum atomic E-state index is 13.2. The first-order chi connectivity index (χ1) is 15.6. The smallest absolute Gasteiger partial charge is 0.329 e. The zero-order valence-corrected chi connectivity index (χ0v) is 17.4. The topological polar surface area (TPSA) is 120 Å². The van der Waals surface area contributed by atoms with Gasteiger partial charge in [-0.15, -0.1) is 5.10 Å². The van der Waals surface area contributed by atoms with E-state index in [1.54, 1.807) is 12.4 Å². The molecular formula is C20H17F3N8O2. The number of hydrogen-bond acceptors (Lipinski definition) is 7. The minimum absolute atomic E-state index is 0.0577. The molecule has 4 rings (SSSR count). The number of carbonyl (C=O) groups is 2. The molecule has 1 N–H and O–H groups in total. The van der Waals surface area contributed by atoms with Crippen LogP contribution < -0.4 is 5.32 Å². The lowest BCUT2D eigenvalue weighted by atomic mass is 10.1. The van der Waals surface area contributed by atoms with E-state index in [9.17, 15) is 22.8 Å². The van der Waals surface area contributed by atoms with E-state index in [1.165, 1.54) is 24.8 Å². The quantitative estimate of drug-likeness (QED) is 0.441. The van der Waals surface area contributed by atoms with Gasteiger partial charge in [0.2, 0.25) is 5.91 Å². The van der Waals surface area contributed by atoms with Gasteiger partial charge in [0, 0.05) is 35.6 Å². The molecule has 0 saturated heterocycles. The van der Waals surface area contributed by atoms with Crippen LogP contribution in [0.25, 0.3) is 11.0 Å². The second kappa shape index (κ2) is 8.41. The molecule has 0 aliphatic rings. The van der Waals surface area contributed by atoms with Crippen molar-refractivity contribution in [3.63, 3.8) is 0 Å². The van der Waals surface area contributed by atoms with E-state index in [0.717, 1.165) is 4.68 Å². The van der Waals surface area contributed by atoms with Gasteiger partial charge < -0.3 is 9.88 Å². The Labute approximate surface area is 184 Å². The third-order valence-electron chi connectivity index (χ3n) is 4.71. The van der Waals surface area contributed by atoms with Crippen LogP contribution >= 0.6 is 0 Å². The Morgan fingerprint density at radius 2 is 1.91 bits per heavy atom. The first kappa shape index (κ1) is 22.0. The minimum Gasteiger partial charge on any atom is -0.329 e. The largest absolute Gasteiger partial charge is 0.436 e. The molecule has 0 aliphatic carbocycles. The van der Waals surface area contributed by atoms with E-state index in [-0.39, 0.29) is 23.1 Å². The van der Waals surface area contributed by atoms with Gasteiger partial charge in [0.05, 0.1) is 23.6 Å². The number of hydrogen-bond donors (Lipinski definition) is 1. The molecule has 0 fully saturated rings. The number of fused-ring (bicyclic) bond motifs is 1. The maximum absolute atomic E-state index is 13.2. The molecule has 0 spiro atoms. The summed E-state index contributed by atoms with van der Waals surface area (Å²) in [6.07, 6.45) is 3.30. The third-order valence-corrected chi connectivity index (χ3v) is 4.71. The molecule has 0 bridgehead atoms. The number of halogens is 3. The van der Waals surface area contributed by atoms with Crippen LogP contribution in [0.2, 0.25) is 0 Å². The number of amides is 1. The van der Waals surface area contributed by atoms with E-state index < -0.39 is 24.3 Å². The van der Waals surface area contributed by atoms with E-state index >= 15 is 0 Å². The lowest BCUT2D eigenvalue weighted by Gasteiger charge is -2.07. The van der Waals surface area contributed by atoms with Gasteiger partial charge in [-0.3, -0.25) is 14.6 Å².